The van der Waals surface area contributed by atoms with Crippen molar-refractivity contribution in [1.29, 1.82) is 0 Å². The van der Waals surface area contributed by atoms with Gasteiger partial charge in [0, 0.05) is 24.4 Å². The summed E-state index contributed by atoms with van der Waals surface area (Å²) in [7, 11) is 0.960. The molecule has 0 aromatic heterocycles. The summed E-state index contributed by atoms with van der Waals surface area (Å²) in [6.45, 7) is 3.99. The number of hydrogen-bond donors (Lipinski definition) is 2. The molecule has 8 nitrogen and oxygen atoms in total. The maximum Gasteiger partial charge on any atom is 0.336 e. The summed E-state index contributed by atoms with van der Waals surface area (Å²) in [4.78, 5) is 25.8. The van der Waals surface area contributed by atoms with Crippen molar-refractivity contribution in [1.82, 2.24) is 10.6 Å². The van der Waals surface area contributed by atoms with Gasteiger partial charge in [-0.1, -0.05) is 30.3 Å². The number of nitrogens with one attached hydrogen (secondary N) is 2. The number of methoxy groups -OCH3 is 1. The largest absolute Gasteiger partial charge is 0.466 e. The molecule has 1 aliphatic rings. The molecule has 2 aromatic carbocycles. The van der Waals surface area contributed by atoms with E-state index in [1.54, 1.807) is 0 Å². The first-order valence-electron chi connectivity index (χ1n) is 13.0. The van der Waals surface area contributed by atoms with Gasteiger partial charge in [0.05, 0.1) is 62.9 Å². The van der Waals surface area contributed by atoms with Gasteiger partial charge in [0.15, 0.2) is 23.3 Å². The highest BCUT2D eigenvalue weighted by molar-refractivity contribution is 6.00. The van der Waals surface area contributed by atoms with Crippen LogP contribution in [0.1, 0.15) is 30.9 Å². The molecule has 1 atom stereocenters. The number of allylic oxidation sites excluding steroid dienone is 1. The number of benzene rings is 2. The number of hydrogen-bond acceptors (Lipinski definition) is 8. The number of esters is 2. The molecule has 13 heteroatoms. The molecule has 1 heterocycles. The number of halogens is 5. The fourth-order valence-electron chi connectivity index (χ4n) is 4.37. The maximum absolute atomic E-state index is 15.0. The van der Waals surface area contributed by atoms with Crippen LogP contribution in [0.2, 0.25) is 0 Å². The Balaban J connectivity index is 1.81. The summed E-state index contributed by atoms with van der Waals surface area (Å²) in [5.41, 5.74) is -1.55. The van der Waals surface area contributed by atoms with E-state index in [-0.39, 0.29) is 37.8 Å². The minimum absolute atomic E-state index is 0.0276. The van der Waals surface area contributed by atoms with Gasteiger partial charge >= 0.3 is 11.9 Å². The molecule has 0 unspecified atom stereocenters. The van der Waals surface area contributed by atoms with Crippen LogP contribution in [-0.2, 0) is 35.1 Å². The van der Waals surface area contributed by atoms with Crippen LogP contribution in [0.5, 0.6) is 0 Å². The molecule has 0 amide bonds. The number of carbonyl (C=O) groups is 2. The molecule has 228 valence electrons. The quantitative estimate of drug-likeness (QED) is 0.110. The molecular formula is C29H31F5N2O6. The summed E-state index contributed by atoms with van der Waals surface area (Å²) in [6, 6.07) is 9.78. The zero-order valence-electron chi connectivity index (χ0n) is 23.3. The van der Waals surface area contributed by atoms with Gasteiger partial charge in [-0.3, -0.25) is 0 Å². The van der Waals surface area contributed by atoms with Crippen molar-refractivity contribution in [2.75, 3.05) is 46.7 Å². The fourth-order valence-corrected chi connectivity index (χ4v) is 4.37. The van der Waals surface area contributed by atoms with Gasteiger partial charge in [-0.2, -0.15) is 0 Å². The van der Waals surface area contributed by atoms with Gasteiger partial charge in [-0.05, 0) is 19.4 Å². The SMILES string of the molecule is CCOC(=O)C1=C(COCCOCCNCc2ccccc2)NC(C)=C(C(=O)OC)[C@H]1c1c(F)c(F)c(F)c(F)c1F. The van der Waals surface area contributed by atoms with Crippen LogP contribution >= 0.6 is 0 Å². The second kappa shape index (κ2) is 15.4. The standard InChI is InChI=1S/C29H31F5N2O6/c1-4-42-29(38)20-18(15-41-13-12-40-11-10-35-14-17-8-6-5-7-9-17)36-16(2)19(28(37)39-3)21(20)22-23(30)25(32)27(34)26(33)24(22)31/h5-9,21,35-36H,4,10-15H2,1-3H3/t21-/m1/s1. The molecule has 2 N–H and O–H groups in total. The summed E-state index contributed by atoms with van der Waals surface area (Å²) in [5, 5.41) is 5.98. The van der Waals surface area contributed by atoms with Crippen molar-refractivity contribution in [2.45, 2.75) is 26.3 Å². The highest BCUT2D eigenvalue weighted by atomic mass is 19.2. The Bertz CT molecular complexity index is 1320. The summed E-state index contributed by atoms with van der Waals surface area (Å²) < 4.78 is 93.2. The third-order valence-electron chi connectivity index (χ3n) is 6.29. The molecule has 0 spiro atoms. The Morgan fingerprint density at radius 1 is 0.857 bits per heavy atom. The third kappa shape index (κ3) is 7.52. The monoisotopic (exact) mass is 598 g/mol. The Labute approximate surface area is 239 Å². The van der Waals surface area contributed by atoms with E-state index < -0.39 is 63.7 Å². The van der Waals surface area contributed by atoms with Gasteiger partial charge < -0.3 is 29.6 Å². The van der Waals surface area contributed by atoms with Crippen LogP contribution < -0.4 is 10.6 Å². The van der Waals surface area contributed by atoms with E-state index in [1.165, 1.54) is 13.8 Å². The molecule has 0 saturated carbocycles. The van der Waals surface area contributed by atoms with E-state index in [0.29, 0.717) is 19.7 Å². The molecule has 2 aromatic rings. The van der Waals surface area contributed by atoms with Gasteiger partial charge in [-0.15, -0.1) is 0 Å². The van der Waals surface area contributed by atoms with E-state index in [2.05, 4.69) is 10.6 Å². The predicted molar refractivity (Wildman–Crippen MR) is 140 cm³/mol. The Hall–Kier alpha value is -3.81. The van der Waals surface area contributed by atoms with Crippen molar-refractivity contribution in [3.8, 4) is 0 Å². The van der Waals surface area contributed by atoms with Gasteiger partial charge in [-0.25, -0.2) is 31.5 Å². The van der Waals surface area contributed by atoms with Gasteiger partial charge in [0.25, 0.3) is 0 Å². The summed E-state index contributed by atoms with van der Waals surface area (Å²) in [5.74, 6) is -15.7. The number of ether oxygens (including phenoxy) is 4. The molecular weight excluding hydrogens is 567 g/mol. The highest BCUT2D eigenvalue weighted by Crippen LogP contribution is 2.43. The van der Waals surface area contributed by atoms with Crippen LogP contribution in [0.15, 0.2) is 52.9 Å². The second-order valence-corrected chi connectivity index (χ2v) is 9.01. The Morgan fingerprint density at radius 2 is 1.48 bits per heavy atom. The topological polar surface area (TPSA) is 95.1 Å². The van der Waals surface area contributed by atoms with E-state index >= 15 is 8.78 Å². The smallest absolute Gasteiger partial charge is 0.336 e. The van der Waals surface area contributed by atoms with Crippen LogP contribution in [-0.4, -0.2) is 58.6 Å². The minimum Gasteiger partial charge on any atom is -0.466 e. The minimum atomic E-state index is -2.39. The average Bonchev–Trinajstić information content (AvgIpc) is 2.98. The van der Waals surface area contributed by atoms with Crippen molar-refractivity contribution in [3.05, 3.63) is 93.1 Å². The molecule has 42 heavy (non-hydrogen) atoms. The number of rotatable bonds is 14. The molecule has 0 aliphatic carbocycles. The van der Waals surface area contributed by atoms with Gasteiger partial charge in [0.2, 0.25) is 5.82 Å². The molecule has 0 saturated heterocycles. The number of carbonyl (C=O) groups excluding carboxylic acids is 2. The highest BCUT2D eigenvalue weighted by Gasteiger charge is 2.43. The first kappa shape index (κ1) is 32.7. The zero-order chi connectivity index (χ0) is 30.8. The van der Waals surface area contributed by atoms with Crippen molar-refractivity contribution in [2.24, 2.45) is 0 Å². The Morgan fingerprint density at radius 3 is 2.10 bits per heavy atom. The van der Waals surface area contributed by atoms with Crippen LogP contribution in [0.25, 0.3) is 0 Å². The molecule has 3 rings (SSSR count). The lowest BCUT2D eigenvalue weighted by molar-refractivity contribution is -0.139. The van der Waals surface area contributed by atoms with Crippen LogP contribution in [0.3, 0.4) is 0 Å². The van der Waals surface area contributed by atoms with E-state index in [9.17, 15) is 22.8 Å². The third-order valence-corrected chi connectivity index (χ3v) is 6.29. The molecule has 0 radical (unpaired) electrons. The van der Waals surface area contributed by atoms with E-state index in [0.717, 1.165) is 12.7 Å². The number of dihydropyridines is 1. The molecule has 1 aliphatic heterocycles. The van der Waals surface area contributed by atoms with Gasteiger partial charge in [0.1, 0.15) is 0 Å². The lowest BCUT2D eigenvalue weighted by Gasteiger charge is -2.31. The maximum atomic E-state index is 15.0. The first-order chi connectivity index (χ1) is 20.1. The Kier molecular flexibility index (Phi) is 12.0. The fraction of sp³-hybridized carbons (Fsp3) is 0.379. The van der Waals surface area contributed by atoms with Crippen molar-refractivity contribution < 1.29 is 50.5 Å². The second-order valence-electron chi connectivity index (χ2n) is 9.01. The lowest BCUT2D eigenvalue weighted by atomic mass is 9.79. The van der Waals surface area contributed by atoms with Crippen molar-refractivity contribution in [3.63, 3.8) is 0 Å². The van der Waals surface area contributed by atoms with E-state index in [4.69, 9.17) is 18.9 Å². The average molecular weight is 599 g/mol. The molecule has 0 bridgehead atoms. The lowest BCUT2D eigenvalue weighted by Crippen LogP contribution is -2.36. The van der Waals surface area contributed by atoms with Crippen LogP contribution in [0.4, 0.5) is 22.0 Å². The van der Waals surface area contributed by atoms with E-state index in [1.807, 2.05) is 30.3 Å². The normalized spacial score (nSPS) is 15.1. The molecule has 0 fully saturated rings. The predicted octanol–water partition coefficient (Wildman–Crippen LogP) is 4.16. The van der Waals surface area contributed by atoms with Crippen LogP contribution in [0, 0.1) is 29.1 Å². The summed E-state index contributed by atoms with van der Waals surface area (Å²) >= 11 is 0. The zero-order valence-corrected chi connectivity index (χ0v) is 23.3. The summed E-state index contributed by atoms with van der Waals surface area (Å²) in [6.07, 6.45) is 0. The van der Waals surface area contributed by atoms with Crippen molar-refractivity contribution >= 4 is 11.9 Å². The first-order valence-corrected chi connectivity index (χ1v) is 13.0.